The molecule has 4 aliphatic carbocycles. The van der Waals surface area contributed by atoms with Crippen molar-refractivity contribution in [2.24, 2.45) is 46.3 Å². The van der Waals surface area contributed by atoms with Crippen LogP contribution in [0.2, 0.25) is 0 Å². The summed E-state index contributed by atoms with van der Waals surface area (Å²) in [4.78, 5) is 11.1. The molecule has 160 valence electrons. The van der Waals surface area contributed by atoms with Crippen molar-refractivity contribution in [3.05, 3.63) is 0 Å². The van der Waals surface area contributed by atoms with Crippen LogP contribution >= 0.6 is 0 Å². The summed E-state index contributed by atoms with van der Waals surface area (Å²) in [5, 5.41) is 30.5. The van der Waals surface area contributed by atoms with E-state index in [4.69, 9.17) is 5.11 Å². The number of aliphatic hydroxyl groups is 2. The quantitative estimate of drug-likeness (QED) is 0.659. The Morgan fingerprint density at radius 2 is 1.68 bits per heavy atom. The normalized spacial score (nSPS) is 51.7. The fraction of sp³-hybridized carbons (Fsp3) is 0.958. The third kappa shape index (κ3) is 3.14. The number of hydrogen-bond acceptors (Lipinski definition) is 3. The first-order valence-electron chi connectivity index (χ1n) is 11.7. The minimum absolute atomic E-state index is 0.179. The summed E-state index contributed by atoms with van der Waals surface area (Å²) in [6.45, 7) is 7.16. The summed E-state index contributed by atoms with van der Waals surface area (Å²) in [5.74, 6) is 2.36. The molecule has 4 saturated carbocycles. The molecule has 0 heterocycles. The molecule has 4 heteroatoms. The summed E-state index contributed by atoms with van der Waals surface area (Å²) in [6, 6.07) is 0. The van der Waals surface area contributed by atoms with Gasteiger partial charge < -0.3 is 15.3 Å². The lowest BCUT2D eigenvalue weighted by Gasteiger charge is -2.62. The number of carbonyl (C=O) groups is 1. The molecule has 0 spiro atoms. The maximum absolute atomic E-state index is 11.2. The van der Waals surface area contributed by atoms with Gasteiger partial charge in [-0.15, -0.1) is 0 Å². The molecule has 10 atom stereocenters. The summed E-state index contributed by atoms with van der Waals surface area (Å²) < 4.78 is 0. The van der Waals surface area contributed by atoms with Crippen LogP contribution in [0.5, 0.6) is 0 Å². The average Bonchev–Trinajstić information content (AvgIpc) is 2.98. The van der Waals surface area contributed by atoms with Gasteiger partial charge in [0.05, 0.1) is 12.2 Å². The molecule has 0 saturated heterocycles. The highest BCUT2D eigenvalue weighted by Crippen LogP contribution is 2.68. The van der Waals surface area contributed by atoms with Crippen molar-refractivity contribution in [2.75, 3.05) is 0 Å². The number of hydrogen-bond donors (Lipinski definition) is 3. The predicted molar refractivity (Wildman–Crippen MR) is 109 cm³/mol. The number of carboxylic acids is 1. The fourth-order valence-electron chi connectivity index (χ4n) is 8.73. The Kier molecular flexibility index (Phi) is 5.36. The molecule has 0 aromatic heterocycles. The van der Waals surface area contributed by atoms with Crippen molar-refractivity contribution in [2.45, 2.75) is 97.2 Å². The summed E-state index contributed by atoms with van der Waals surface area (Å²) in [5.41, 5.74) is 0.523. The first kappa shape index (κ1) is 20.7. The Balaban J connectivity index is 1.55. The summed E-state index contributed by atoms with van der Waals surface area (Å²) in [6.07, 6.45) is 9.19. The maximum Gasteiger partial charge on any atom is 0.303 e. The molecule has 3 N–H and O–H groups in total. The van der Waals surface area contributed by atoms with Crippen molar-refractivity contribution in [3.63, 3.8) is 0 Å². The minimum Gasteiger partial charge on any atom is -0.481 e. The average molecular weight is 393 g/mol. The molecule has 0 aliphatic heterocycles. The van der Waals surface area contributed by atoms with E-state index in [-0.39, 0.29) is 29.5 Å². The van der Waals surface area contributed by atoms with Gasteiger partial charge in [-0.2, -0.15) is 0 Å². The largest absolute Gasteiger partial charge is 0.481 e. The number of fused-ring (bicyclic) bond motifs is 5. The lowest BCUT2D eigenvalue weighted by molar-refractivity contribution is -0.174. The second kappa shape index (κ2) is 7.27. The predicted octanol–water partition coefficient (Wildman–Crippen LogP) is 4.48. The SMILES string of the molecule is C[C@H](CCC(=O)O)[C@H]1CCC2[C@@H]3C(O)C[C@@H]4C[C@H](O)CC[C@]4(C)C3CC[C@@]21C. The Bertz CT molecular complexity index is 605. The summed E-state index contributed by atoms with van der Waals surface area (Å²) >= 11 is 0. The molecule has 0 amide bonds. The van der Waals surface area contributed by atoms with Crippen molar-refractivity contribution in [1.29, 1.82) is 0 Å². The van der Waals surface area contributed by atoms with E-state index in [9.17, 15) is 15.0 Å². The van der Waals surface area contributed by atoms with Crippen molar-refractivity contribution >= 4 is 5.97 Å². The van der Waals surface area contributed by atoms with Gasteiger partial charge in [0.2, 0.25) is 0 Å². The molecule has 4 aliphatic rings. The molecule has 0 radical (unpaired) electrons. The minimum atomic E-state index is -0.684. The number of aliphatic carboxylic acids is 1. The van der Waals surface area contributed by atoms with Gasteiger partial charge in [-0.25, -0.2) is 0 Å². The van der Waals surface area contributed by atoms with Gasteiger partial charge in [0, 0.05) is 6.42 Å². The van der Waals surface area contributed by atoms with Gasteiger partial charge in [-0.05, 0) is 104 Å². The zero-order chi connectivity index (χ0) is 20.3. The Hall–Kier alpha value is -0.610. The lowest BCUT2D eigenvalue weighted by atomic mass is 9.43. The monoisotopic (exact) mass is 392 g/mol. The van der Waals surface area contributed by atoms with Crippen LogP contribution in [0.4, 0.5) is 0 Å². The van der Waals surface area contributed by atoms with Crippen LogP contribution in [0, 0.1) is 46.3 Å². The van der Waals surface area contributed by atoms with E-state index in [1.165, 1.54) is 25.7 Å². The van der Waals surface area contributed by atoms with E-state index < -0.39 is 5.97 Å². The molecule has 3 unspecified atom stereocenters. The van der Waals surface area contributed by atoms with Crippen LogP contribution in [-0.4, -0.2) is 33.5 Å². The van der Waals surface area contributed by atoms with Crippen molar-refractivity contribution < 1.29 is 20.1 Å². The second-order valence-corrected chi connectivity index (χ2v) is 11.4. The molecular weight excluding hydrogens is 352 g/mol. The number of aliphatic hydroxyl groups excluding tert-OH is 2. The van der Waals surface area contributed by atoms with Crippen LogP contribution in [-0.2, 0) is 4.79 Å². The highest BCUT2D eigenvalue weighted by Gasteiger charge is 2.62. The smallest absolute Gasteiger partial charge is 0.303 e. The van der Waals surface area contributed by atoms with Crippen molar-refractivity contribution in [3.8, 4) is 0 Å². The van der Waals surface area contributed by atoms with Gasteiger partial charge in [-0.1, -0.05) is 20.8 Å². The third-order valence-electron chi connectivity index (χ3n) is 10.2. The molecule has 4 fully saturated rings. The van der Waals surface area contributed by atoms with Crippen molar-refractivity contribution in [1.82, 2.24) is 0 Å². The van der Waals surface area contributed by atoms with E-state index in [0.717, 1.165) is 32.1 Å². The van der Waals surface area contributed by atoms with Crippen LogP contribution in [0.1, 0.15) is 85.0 Å². The van der Waals surface area contributed by atoms with E-state index in [2.05, 4.69) is 20.8 Å². The van der Waals surface area contributed by atoms with E-state index in [1.807, 2.05) is 0 Å². The molecule has 28 heavy (non-hydrogen) atoms. The second-order valence-electron chi connectivity index (χ2n) is 11.4. The molecule has 4 rings (SSSR count). The standard InChI is InChI=1S/C24H40O4/c1-14(4-7-21(27)28)17-5-6-18-22-19(9-11-24(17,18)3)23(2)10-8-16(25)12-15(23)13-20(22)26/h14-20,22,25-26H,4-13H2,1-3H3,(H,27,28)/t14-,15+,16-,17-,18?,19?,20?,22+,23+,24-/m1/s1. The topological polar surface area (TPSA) is 77.8 Å². The van der Waals surface area contributed by atoms with E-state index in [1.54, 1.807) is 0 Å². The maximum atomic E-state index is 11.2. The van der Waals surface area contributed by atoms with Gasteiger partial charge in [-0.3, -0.25) is 4.79 Å². The van der Waals surface area contributed by atoms with Crippen LogP contribution in [0.3, 0.4) is 0 Å². The first-order valence-corrected chi connectivity index (χ1v) is 11.7. The lowest BCUT2D eigenvalue weighted by Crippen LogP contribution is -2.58. The zero-order valence-electron chi connectivity index (χ0n) is 17.9. The molecular formula is C24H40O4. The van der Waals surface area contributed by atoms with Crippen LogP contribution in [0.25, 0.3) is 0 Å². The van der Waals surface area contributed by atoms with E-state index >= 15 is 0 Å². The highest BCUT2D eigenvalue weighted by atomic mass is 16.4. The van der Waals surface area contributed by atoms with Gasteiger partial charge in [0.25, 0.3) is 0 Å². The molecule has 0 aromatic rings. The first-order chi connectivity index (χ1) is 13.2. The Morgan fingerprint density at radius 1 is 1.00 bits per heavy atom. The van der Waals surface area contributed by atoms with Crippen LogP contribution in [0.15, 0.2) is 0 Å². The molecule has 0 bridgehead atoms. The number of rotatable bonds is 4. The molecule has 0 aromatic carbocycles. The Morgan fingerprint density at radius 3 is 2.39 bits per heavy atom. The fourth-order valence-corrected chi connectivity index (χ4v) is 8.73. The number of carboxylic acid groups (broad SMARTS) is 1. The zero-order valence-corrected chi connectivity index (χ0v) is 17.9. The Labute approximate surface area is 170 Å². The highest BCUT2D eigenvalue weighted by molar-refractivity contribution is 5.66. The van der Waals surface area contributed by atoms with Gasteiger partial charge >= 0.3 is 5.97 Å². The van der Waals surface area contributed by atoms with E-state index in [0.29, 0.717) is 35.5 Å². The van der Waals surface area contributed by atoms with Gasteiger partial charge in [0.1, 0.15) is 0 Å². The molecule has 4 nitrogen and oxygen atoms in total. The van der Waals surface area contributed by atoms with Gasteiger partial charge in [0.15, 0.2) is 0 Å². The summed E-state index contributed by atoms with van der Waals surface area (Å²) in [7, 11) is 0. The van der Waals surface area contributed by atoms with Crippen LogP contribution < -0.4 is 0 Å². The third-order valence-corrected chi connectivity index (χ3v) is 10.2.